The lowest BCUT2D eigenvalue weighted by Gasteiger charge is -2.11. The molecule has 102 valence electrons. The van der Waals surface area contributed by atoms with Gasteiger partial charge in [0.05, 0.1) is 12.2 Å². The quantitative estimate of drug-likeness (QED) is 0.817. The number of carbonyl (C=O) groups is 1. The van der Waals surface area contributed by atoms with Gasteiger partial charge in [-0.05, 0) is 31.5 Å². The Morgan fingerprint density at radius 1 is 1.53 bits per heavy atom. The summed E-state index contributed by atoms with van der Waals surface area (Å²) in [7, 11) is 0. The Morgan fingerprint density at radius 3 is 2.89 bits per heavy atom. The number of carbonyl (C=O) groups excluding carboxylic acids is 1. The van der Waals surface area contributed by atoms with Crippen molar-refractivity contribution in [3.63, 3.8) is 0 Å². The summed E-state index contributed by atoms with van der Waals surface area (Å²) in [6, 6.07) is 4.17. The van der Waals surface area contributed by atoms with Crippen LogP contribution >= 0.6 is 0 Å². The first-order valence-electron chi connectivity index (χ1n) is 6.28. The van der Waals surface area contributed by atoms with Crippen molar-refractivity contribution in [1.29, 1.82) is 0 Å². The van der Waals surface area contributed by atoms with Crippen LogP contribution in [0.1, 0.15) is 42.6 Å². The third-order valence-electron chi connectivity index (χ3n) is 2.67. The Kier molecular flexibility index (Phi) is 6.04. The smallest absolute Gasteiger partial charge is 0.254 e. The highest BCUT2D eigenvalue weighted by Crippen LogP contribution is 2.10. The van der Waals surface area contributed by atoms with Gasteiger partial charge in [0.15, 0.2) is 0 Å². The molecule has 0 radical (unpaired) electrons. The fourth-order valence-corrected chi connectivity index (χ4v) is 1.40. The van der Waals surface area contributed by atoms with E-state index in [0.29, 0.717) is 12.0 Å². The maximum atomic E-state index is 13.6. The summed E-state index contributed by atoms with van der Waals surface area (Å²) in [5.41, 5.74) is 0.556. The van der Waals surface area contributed by atoms with E-state index in [1.807, 2.05) is 13.8 Å². The minimum Gasteiger partial charge on any atom is -0.395 e. The second-order valence-corrected chi connectivity index (χ2v) is 4.25. The van der Waals surface area contributed by atoms with E-state index in [0.717, 1.165) is 6.42 Å². The average Bonchev–Trinajstić information content (AvgIpc) is 2.40. The van der Waals surface area contributed by atoms with E-state index in [9.17, 15) is 9.18 Å². The van der Waals surface area contributed by atoms with E-state index in [1.54, 1.807) is 0 Å². The first-order chi connectivity index (χ1) is 9.08. The van der Waals surface area contributed by atoms with Crippen LogP contribution in [0.3, 0.4) is 0 Å². The standard InChI is InChI=1S/C15H18FNO2/c1-3-11(2)17-15(19)13-10-12(6-4-5-9-18)7-8-14(13)16/h7-8,10-11,18H,3,5,9H2,1-2H3,(H,17,19). The Hall–Kier alpha value is -1.86. The number of benzene rings is 1. The van der Waals surface area contributed by atoms with Crippen LogP contribution in [0.4, 0.5) is 4.39 Å². The predicted octanol–water partition coefficient (Wildman–Crippen LogP) is 2.09. The van der Waals surface area contributed by atoms with Crippen LogP contribution in [0.25, 0.3) is 0 Å². The number of hydrogen-bond donors (Lipinski definition) is 2. The lowest BCUT2D eigenvalue weighted by atomic mass is 10.1. The normalized spacial score (nSPS) is 11.4. The number of aliphatic hydroxyl groups is 1. The first kappa shape index (κ1) is 15.2. The van der Waals surface area contributed by atoms with Gasteiger partial charge in [0.25, 0.3) is 5.91 Å². The zero-order chi connectivity index (χ0) is 14.3. The van der Waals surface area contributed by atoms with Crippen LogP contribution in [0.2, 0.25) is 0 Å². The van der Waals surface area contributed by atoms with Crippen LogP contribution in [0, 0.1) is 17.7 Å². The molecule has 1 unspecified atom stereocenters. The fraction of sp³-hybridized carbons (Fsp3) is 0.400. The van der Waals surface area contributed by atoms with Crippen molar-refractivity contribution in [2.45, 2.75) is 32.7 Å². The van der Waals surface area contributed by atoms with Gasteiger partial charge in [0.2, 0.25) is 0 Å². The zero-order valence-corrected chi connectivity index (χ0v) is 11.2. The second-order valence-electron chi connectivity index (χ2n) is 4.25. The van der Waals surface area contributed by atoms with Crippen LogP contribution in [0.5, 0.6) is 0 Å². The topological polar surface area (TPSA) is 49.3 Å². The zero-order valence-electron chi connectivity index (χ0n) is 11.2. The number of halogens is 1. The van der Waals surface area contributed by atoms with E-state index in [4.69, 9.17) is 5.11 Å². The Labute approximate surface area is 112 Å². The van der Waals surface area contributed by atoms with E-state index in [-0.39, 0.29) is 18.2 Å². The molecular formula is C15H18FNO2. The molecular weight excluding hydrogens is 245 g/mol. The van der Waals surface area contributed by atoms with Gasteiger partial charge in [-0.3, -0.25) is 4.79 Å². The third kappa shape index (κ3) is 4.72. The van der Waals surface area contributed by atoms with Crippen molar-refractivity contribution < 1.29 is 14.3 Å². The fourth-order valence-electron chi connectivity index (χ4n) is 1.40. The van der Waals surface area contributed by atoms with E-state index in [1.165, 1.54) is 18.2 Å². The molecule has 3 nitrogen and oxygen atoms in total. The van der Waals surface area contributed by atoms with Crippen LogP contribution < -0.4 is 5.32 Å². The molecule has 1 atom stereocenters. The van der Waals surface area contributed by atoms with Crippen LogP contribution in [0.15, 0.2) is 18.2 Å². The molecule has 2 N–H and O–H groups in total. The summed E-state index contributed by atoms with van der Waals surface area (Å²) in [4.78, 5) is 11.9. The molecule has 0 heterocycles. The van der Waals surface area contributed by atoms with Crippen LogP contribution in [-0.2, 0) is 0 Å². The number of aliphatic hydroxyl groups excluding tert-OH is 1. The molecule has 1 aromatic carbocycles. The summed E-state index contributed by atoms with van der Waals surface area (Å²) >= 11 is 0. The maximum absolute atomic E-state index is 13.6. The Balaban J connectivity index is 2.91. The molecule has 0 aliphatic heterocycles. The SMILES string of the molecule is CCC(C)NC(=O)c1cc(C#CCCO)ccc1F. The van der Waals surface area contributed by atoms with Gasteiger partial charge in [-0.15, -0.1) is 0 Å². The molecule has 0 fully saturated rings. The van der Waals surface area contributed by atoms with Gasteiger partial charge in [-0.1, -0.05) is 18.8 Å². The van der Waals surface area contributed by atoms with E-state index in [2.05, 4.69) is 17.2 Å². The molecule has 0 aliphatic rings. The Morgan fingerprint density at radius 2 is 2.26 bits per heavy atom. The lowest BCUT2D eigenvalue weighted by Crippen LogP contribution is -2.32. The minimum absolute atomic E-state index is 0.00361. The summed E-state index contributed by atoms with van der Waals surface area (Å²) in [5.74, 6) is 4.52. The minimum atomic E-state index is -0.562. The summed E-state index contributed by atoms with van der Waals surface area (Å²) < 4.78 is 13.6. The third-order valence-corrected chi connectivity index (χ3v) is 2.67. The molecule has 1 rings (SSSR count). The molecule has 19 heavy (non-hydrogen) atoms. The van der Waals surface area contributed by atoms with Gasteiger partial charge in [0, 0.05) is 18.0 Å². The number of nitrogens with one attached hydrogen (secondary N) is 1. The summed E-state index contributed by atoms with van der Waals surface area (Å²) in [5, 5.41) is 11.3. The van der Waals surface area contributed by atoms with E-state index < -0.39 is 11.7 Å². The van der Waals surface area contributed by atoms with Crippen molar-refractivity contribution in [3.8, 4) is 11.8 Å². The monoisotopic (exact) mass is 263 g/mol. The molecule has 0 spiro atoms. The Bertz CT molecular complexity index is 503. The van der Waals surface area contributed by atoms with Gasteiger partial charge >= 0.3 is 0 Å². The highest BCUT2D eigenvalue weighted by molar-refractivity contribution is 5.95. The summed E-state index contributed by atoms with van der Waals surface area (Å²) in [6.45, 7) is 3.79. The van der Waals surface area contributed by atoms with Crippen molar-refractivity contribution in [3.05, 3.63) is 35.1 Å². The summed E-state index contributed by atoms with van der Waals surface area (Å²) in [6.07, 6.45) is 1.13. The number of hydrogen-bond acceptors (Lipinski definition) is 2. The average molecular weight is 263 g/mol. The van der Waals surface area contributed by atoms with Crippen molar-refractivity contribution >= 4 is 5.91 Å². The van der Waals surface area contributed by atoms with Gasteiger partial charge in [-0.25, -0.2) is 4.39 Å². The maximum Gasteiger partial charge on any atom is 0.254 e. The molecule has 1 aromatic rings. The van der Waals surface area contributed by atoms with Crippen LogP contribution in [-0.4, -0.2) is 23.7 Å². The molecule has 0 saturated heterocycles. The number of amides is 1. The number of rotatable bonds is 4. The van der Waals surface area contributed by atoms with Crippen molar-refractivity contribution in [2.24, 2.45) is 0 Å². The molecule has 0 aromatic heterocycles. The molecule has 4 heteroatoms. The van der Waals surface area contributed by atoms with Crippen molar-refractivity contribution in [1.82, 2.24) is 5.32 Å². The predicted molar refractivity (Wildman–Crippen MR) is 72.2 cm³/mol. The highest BCUT2D eigenvalue weighted by Gasteiger charge is 2.13. The highest BCUT2D eigenvalue weighted by atomic mass is 19.1. The van der Waals surface area contributed by atoms with Crippen molar-refractivity contribution in [2.75, 3.05) is 6.61 Å². The van der Waals surface area contributed by atoms with Gasteiger partial charge in [-0.2, -0.15) is 0 Å². The second kappa shape index (κ2) is 7.55. The first-order valence-corrected chi connectivity index (χ1v) is 6.28. The van der Waals surface area contributed by atoms with Gasteiger partial charge in [0.1, 0.15) is 5.82 Å². The van der Waals surface area contributed by atoms with Gasteiger partial charge < -0.3 is 10.4 Å². The van der Waals surface area contributed by atoms with E-state index >= 15 is 0 Å². The molecule has 0 aliphatic carbocycles. The lowest BCUT2D eigenvalue weighted by molar-refractivity contribution is 0.0935. The molecule has 0 saturated carbocycles. The largest absolute Gasteiger partial charge is 0.395 e. The molecule has 0 bridgehead atoms. The molecule has 1 amide bonds.